The molecule has 0 bridgehead atoms. The van der Waals surface area contributed by atoms with Crippen molar-refractivity contribution in [1.29, 1.82) is 0 Å². The van der Waals surface area contributed by atoms with Crippen molar-refractivity contribution in [3.8, 4) is 0 Å². The molecule has 0 spiro atoms. The molecule has 1 atom stereocenters. The smallest absolute Gasteiger partial charge is 0.253 e. The number of rotatable bonds is 5. The molecular weight excluding hydrogens is 316 g/mol. The fourth-order valence-electron chi connectivity index (χ4n) is 3.46. The molecule has 6 heteroatoms. The third-order valence-electron chi connectivity index (χ3n) is 5.02. The van der Waals surface area contributed by atoms with E-state index in [2.05, 4.69) is 15.2 Å². The summed E-state index contributed by atoms with van der Waals surface area (Å²) in [4.78, 5) is 19.7. The van der Waals surface area contributed by atoms with E-state index in [-0.39, 0.29) is 11.9 Å². The molecule has 1 amide bonds. The summed E-state index contributed by atoms with van der Waals surface area (Å²) in [5.41, 5.74) is 1.71. The number of amides is 1. The van der Waals surface area contributed by atoms with Crippen molar-refractivity contribution in [2.75, 3.05) is 31.2 Å². The van der Waals surface area contributed by atoms with Crippen molar-refractivity contribution in [2.24, 2.45) is 13.0 Å². The van der Waals surface area contributed by atoms with E-state index in [1.807, 2.05) is 42.1 Å². The number of ether oxygens (including phenoxy) is 1. The molecule has 1 N–H and O–H groups in total. The number of carbonyl (C=O) groups is 1. The van der Waals surface area contributed by atoms with Crippen LogP contribution in [-0.2, 0) is 11.8 Å². The molecule has 1 unspecified atom stereocenters. The van der Waals surface area contributed by atoms with Crippen molar-refractivity contribution in [3.05, 3.63) is 48.0 Å². The van der Waals surface area contributed by atoms with Gasteiger partial charge in [-0.25, -0.2) is 4.98 Å². The molecule has 1 aromatic carbocycles. The van der Waals surface area contributed by atoms with Crippen molar-refractivity contribution in [2.45, 2.75) is 18.9 Å². The molecular formula is C19H24N4O2. The highest BCUT2D eigenvalue weighted by Crippen LogP contribution is 2.40. The van der Waals surface area contributed by atoms with Gasteiger partial charge in [-0.2, -0.15) is 0 Å². The molecule has 6 nitrogen and oxygen atoms in total. The zero-order chi connectivity index (χ0) is 17.2. The largest absolute Gasteiger partial charge is 0.378 e. The Kier molecular flexibility index (Phi) is 4.44. The SMILES string of the molecule is Cn1ccnc1C(NC(=O)c1ccccc1N1CCOCC1)C1CC1. The fraction of sp³-hybridized carbons (Fsp3) is 0.474. The quantitative estimate of drug-likeness (QED) is 0.906. The zero-order valence-corrected chi connectivity index (χ0v) is 14.5. The summed E-state index contributed by atoms with van der Waals surface area (Å²) < 4.78 is 7.43. The van der Waals surface area contributed by atoms with Gasteiger partial charge in [0.1, 0.15) is 5.82 Å². The van der Waals surface area contributed by atoms with Crippen LogP contribution >= 0.6 is 0 Å². The van der Waals surface area contributed by atoms with Gasteiger partial charge in [-0.05, 0) is 30.9 Å². The second-order valence-electron chi connectivity index (χ2n) is 6.80. The number of aromatic nitrogens is 2. The lowest BCUT2D eigenvalue weighted by atomic mass is 10.1. The van der Waals surface area contributed by atoms with E-state index in [0.29, 0.717) is 19.1 Å². The lowest BCUT2D eigenvalue weighted by molar-refractivity contribution is 0.0927. The lowest BCUT2D eigenvalue weighted by Gasteiger charge is -2.30. The number of hydrogen-bond donors (Lipinski definition) is 1. The number of nitrogens with one attached hydrogen (secondary N) is 1. The number of benzene rings is 1. The Bertz CT molecular complexity index is 747. The van der Waals surface area contributed by atoms with Gasteiger partial charge in [0, 0.05) is 38.2 Å². The Labute approximate surface area is 147 Å². The van der Waals surface area contributed by atoms with Gasteiger partial charge in [0.2, 0.25) is 0 Å². The number of anilines is 1. The summed E-state index contributed by atoms with van der Waals surface area (Å²) in [5, 5.41) is 3.24. The number of hydrogen-bond acceptors (Lipinski definition) is 4. The molecule has 1 aliphatic heterocycles. The minimum Gasteiger partial charge on any atom is -0.378 e. The Morgan fingerprint density at radius 2 is 2.04 bits per heavy atom. The predicted octanol–water partition coefficient (Wildman–Crippen LogP) is 2.14. The first kappa shape index (κ1) is 16.1. The van der Waals surface area contributed by atoms with Crippen molar-refractivity contribution < 1.29 is 9.53 Å². The molecule has 1 saturated heterocycles. The summed E-state index contributed by atoms with van der Waals surface area (Å²) in [7, 11) is 1.98. The van der Waals surface area contributed by atoms with Crippen LogP contribution in [-0.4, -0.2) is 41.8 Å². The molecule has 2 fully saturated rings. The summed E-state index contributed by atoms with van der Waals surface area (Å²) in [6, 6.07) is 7.81. The Hall–Kier alpha value is -2.34. The van der Waals surface area contributed by atoms with Crippen molar-refractivity contribution >= 4 is 11.6 Å². The highest BCUT2D eigenvalue weighted by Gasteiger charge is 2.36. The molecule has 1 aromatic heterocycles. The minimum absolute atomic E-state index is 0.0229. The summed E-state index contributed by atoms with van der Waals surface area (Å²) >= 11 is 0. The number of imidazole rings is 1. The molecule has 0 radical (unpaired) electrons. The maximum atomic E-state index is 13.1. The molecule has 2 aliphatic rings. The normalized spacial score (nSPS) is 18.8. The van der Waals surface area contributed by atoms with Crippen molar-refractivity contribution in [3.63, 3.8) is 0 Å². The molecule has 1 aliphatic carbocycles. The van der Waals surface area contributed by atoms with Gasteiger partial charge < -0.3 is 19.5 Å². The first-order chi connectivity index (χ1) is 12.2. The number of para-hydroxylation sites is 1. The summed E-state index contributed by atoms with van der Waals surface area (Å²) in [6.45, 7) is 3.03. The first-order valence-corrected chi connectivity index (χ1v) is 8.94. The van der Waals surface area contributed by atoms with Crippen LogP contribution in [0, 0.1) is 5.92 Å². The molecule has 1 saturated carbocycles. The Morgan fingerprint density at radius 1 is 1.28 bits per heavy atom. The maximum Gasteiger partial charge on any atom is 0.253 e. The van der Waals surface area contributed by atoms with Gasteiger partial charge >= 0.3 is 0 Å². The second-order valence-corrected chi connectivity index (χ2v) is 6.80. The lowest BCUT2D eigenvalue weighted by Crippen LogP contribution is -2.38. The Morgan fingerprint density at radius 3 is 2.72 bits per heavy atom. The van der Waals surface area contributed by atoms with E-state index >= 15 is 0 Å². The average Bonchev–Trinajstić information content (AvgIpc) is 3.41. The second kappa shape index (κ2) is 6.88. The zero-order valence-electron chi connectivity index (χ0n) is 14.5. The molecule has 4 rings (SSSR count). The van der Waals surface area contributed by atoms with Gasteiger partial charge in [-0.3, -0.25) is 4.79 Å². The fourth-order valence-corrected chi connectivity index (χ4v) is 3.46. The maximum absolute atomic E-state index is 13.1. The van der Waals surface area contributed by atoms with Gasteiger partial charge in [-0.15, -0.1) is 0 Å². The van der Waals surface area contributed by atoms with Crippen LogP contribution in [0.5, 0.6) is 0 Å². The summed E-state index contributed by atoms with van der Waals surface area (Å²) in [5.74, 6) is 1.39. The van der Waals surface area contributed by atoms with E-state index in [1.54, 1.807) is 6.20 Å². The predicted molar refractivity (Wildman–Crippen MR) is 95.6 cm³/mol. The molecule has 132 valence electrons. The summed E-state index contributed by atoms with van der Waals surface area (Å²) in [6.07, 6.45) is 6.00. The topological polar surface area (TPSA) is 59.4 Å². The van der Waals surface area contributed by atoms with Gasteiger partial charge in [-0.1, -0.05) is 12.1 Å². The van der Waals surface area contributed by atoms with Crippen LogP contribution < -0.4 is 10.2 Å². The third-order valence-corrected chi connectivity index (χ3v) is 5.02. The number of morpholine rings is 1. The number of aryl methyl sites for hydroxylation is 1. The standard InChI is InChI=1S/C19H24N4O2/c1-22-9-8-20-18(22)17(14-6-7-14)21-19(24)15-4-2-3-5-16(15)23-10-12-25-13-11-23/h2-5,8-9,14,17H,6-7,10-13H2,1H3,(H,21,24). The van der Waals surface area contributed by atoms with E-state index in [1.165, 1.54) is 0 Å². The van der Waals surface area contributed by atoms with E-state index in [9.17, 15) is 4.79 Å². The minimum atomic E-state index is -0.0259. The highest BCUT2D eigenvalue weighted by atomic mass is 16.5. The van der Waals surface area contributed by atoms with Crippen LogP contribution in [0.15, 0.2) is 36.7 Å². The average molecular weight is 340 g/mol. The van der Waals surface area contributed by atoms with E-state index in [0.717, 1.165) is 43.0 Å². The highest BCUT2D eigenvalue weighted by molar-refractivity contribution is 6.00. The van der Waals surface area contributed by atoms with E-state index < -0.39 is 0 Å². The number of carbonyl (C=O) groups excluding carboxylic acids is 1. The third kappa shape index (κ3) is 3.39. The van der Waals surface area contributed by atoms with Gasteiger partial charge in [0.05, 0.1) is 24.8 Å². The van der Waals surface area contributed by atoms with Crippen LogP contribution in [0.4, 0.5) is 5.69 Å². The monoisotopic (exact) mass is 340 g/mol. The van der Waals surface area contributed by atoms with Crippen LogP contribution in [0.2, 0.25) is 0 Å². The van der Waals surface area contributed by atoms with Gasteiger partial charge in [0.15, 0.2) is 0 Å². The Balaban J connectivity index is 1.57. The van der Waals surface area contributed by atoms with Crippen molar-refractivity contribution in [1.82, 2.24) is 14.9 Å². The van der Waals surface area contributed by atoms with Crippen LogP contribution in [0.1, 0.15) is 35.1 Å². The van der Waals surface area contributed by atoms with Crippen LogP contribution in [0.25, 0.3) is 0 Å². The van der Waals surface area contributed by atoms with Gasteiger partial charge in [0.25, 0.3) is 5.91 Å². The molecule has 2 heterocycles. The number of nitrogens with zero attached hydrogens (tertiary/aromatic N) is 3. The molecule has 2 aromatic rings. The van der Waals surface area contributed by atoms with E-state index in [4.69, 9.17) is 4.74 Å². The first-order valence-electron chi connectivity index (χ1n) is 8.94. The van der Waals surface area contributed by atoms with Crippen LogP contribution in [0.3, 0.4) is 0 Å². The molecule has 25 heavy (non-hydrogen) atoms.